The molecule has 2 aliphatic heterocycles. The summed E-state index contributed by atoms with van der Waals surface area (Å²) in [5.74, 6) is 1.80. The number of ether oxygens (including phenoxy) is 2. The van der Waals surface area contributed by atoms with Crippen LogP contribution in [0.1, 0.15) is 50.0 Å². The Morgan fingerprint density at radius 3 is 2.66 bits per heavy atom. The Morgan fingerprint density at radius 2 is 1.97 bits per heavy atom. The molecule has 1 saturated heterocycles. The van der Waals surface area contributed by atoms with E-state index in [1.165, 1.54) is 32.1 Å². The molecule has 0 spiro atoms. The van der Waals surface area contributed by atoms with Gasteiger partial charge in [0.15, 0.2) is 11.5 Å². The highest BCUT2D eigenvalue weighted by atomic mass is 32.2. The number of rotatable bonds is 4. The van der Waals surface area contributed by atoms with Crippen LogP contribution < -0.4 is 9.47 Å². The number of carbonyl (C=O) groups is 1. The van der Waals surface area contributed by atoms with E-state index >= 15 is 0 Å². The van der Waals surface area contributed by atoms with E-state index in [2.05, 4.69) is 11.0 Å². The lowest BCUT2D eigenvalue weighted by Gasteiger charge is -2.44. The van der Waals surface area contributed by atoms with Crippen LogP contribution >= 0.6 is 11.8 Å². The molecule has 29 heavy (non-hydrogen) atoms. The molecule has 1 atom stereocenters. The summed E-state index contributed by atoms with van der Waals surface area (Å²) >= 11 is 1.62. The molecule has 2 heterocycles. The van der Waals surface area contributed by atoms with Crippen molar-refractivity contribution in [3.63, 3.8) is 0 Å². The molecule has 6 nitrogen and oxygen atoms in total. The molecule has 154 valence electrons. The Balaban J connectivity index is 1.66. The highest BCUT2D eigenvalue weighted by Crippen LogP contribution is 2.47. The van der Waals surface area contributed by atoms with E-state index in [0.29, 0.717) is 29.8 Å². The summed E-state index contributed by atoms with van der Waals surface area (Å²) in [6, 6.07) is 8.59. The third-order valence-electron chi connectivity index (χ3n) is 6.21. The standard InChI is InChI=1S/C22H27N3O3S/c1-27-19-10-6-9-16(21(19)28-2)17-11-20(26)25-13-24(15-7-4-3-5-8-15)14-29-22(25)18(17)12-23/h6,9-10,15,17H,3-5,7-8,11,13-14H2,1-2H3. The van der Waals surface area contributed by atoms with Crippen LogP contribution in [0.4, 0.5) is 0 Å². The number of nitriles is 1. The molecule has 1 saturated carbocycles. The molecule has 1 aromatic rings. The lowest BCUT2D eigenvalue weighted by Crippen LogP contribution is -2.51. The fourth-order valence-corrected chi connectivity index (χ4v) is 5.94. The van der Waals surface area contributed by atoms with Gasteiger partial charge in [-0.1, -0.05) is 43.2 Å². The first-order valence-electron chi connectivity index (χ1n) is 10.2. The van der Waals surface area contributed by atoms with Crippen LogP contribution in [-0.2, 0) is 4.79 Å². The Hall–Kier alpha value is -2.17. The molecule has 7 heteroatoms. The summed E-state index contributed by atoms with van der Waals surface area (Å²) in [5, 5.41) is 10.8. The first-order valence-corrected chi connectivity index (χ1v) is 11.2. The molecule has 1 unspecified atom stereocenters. The van der Waals surface area contributed by atoms with Gasteiger partial charge in [0.2, 0.25) is 5.91 Å². The third-order valence-corrected chi connectivity index (χ3v) is 7.39. The fourth-order valence-electron chi connectivity index (χ4n) is 4.70. The first-order chi connectivity index (χ1) is 14.2. The number of hydrogen-bond donors (Lipinski definition) is 0. The Morgan fingerprint density at radius 1 is 1.17 bits per heavy atom. The predicted octanol–water partition coefficient (Wildman–Crippen LogP) is 4.05. The minimum atomic E-state index is -0.308. The average molecular weight is 414 g/mol. The van der Waals surface area contributed by atoms with Crippen LogP contribution in [0.25, 0.3) is 0 Å². The van der Waals surface area contributed by atoms with Crippen LogP contribution in [0.5, 0.6) is 11.5 Å². The average Bonchev–Trinajstić information content (AvgIpc) is 2.78. The van der Waals surface area contributed by atoms with Gasteiger partial charge in [-0.2, -0.15) is 5.26 Å². The quantitative estimate of drug-likeness (QED) is 0.742. The van der Waals surface area contributed by atoms with Gasteiger partial charge in [-0.15, -0.1) is 0 Å². The zero-order valence-corrected chi connectivity index (χ0v) is 17.8. The van der Waals surface area contributed by atoms with Crippen molar-refractivity contribution in [3.05, 3.63) is 34.4 Å². The highest BCUT2D eigenvalue weighted by molar-refractivity contribution is 8.03. The Kier molecular flexibility index (Phi) is 6.02. The number of hydrogen-bond acceptors (Lipinski definition) is 6. The molecular weight excluding hydrogens is 386 g/mol. The maximum absolute atomic E-state index is 13.1. The number of allylic oxidation sites excluding steroid dienone is 1. The second-order valence-electron chi connectivity index (χ2n) is 7.79. The topological polar surface area (TPSA) is 65.8 Å². The zero-order chi connectivity index (χ0) is 20.4. The van der Waals surface area contributed by atoms with Crippen molar-refractivity contribution in [2.75, 3.05) is 26.8 Å². The van der Waals surface area contributed by atoms with E-state index in [9.17, 15) is 10.1 Å². The van der Waals surface area contributed by atoms with Gasteiger partial charge in [0.1, 0.15) is 0 Å². The van der Waals surface area contributed by atoms with Crippen molar-refractivity contribution >= 4 is 17.7 Å². The van der Waals surface area contributed by atoms with Gasteiger partial charge in [-0.25, -0.2) is 0 Å². The number of methoxy groups -OCH3 is 2. The van der Waals surface area contributed by atoms with Crippen molar-refractivity contribution in [1.82, 2.24) is 9.80 Å². The summed E-state index contributed by atoms with van der Waals surface area (Å²) < 4.78 is 11.0. The summed E-state index contributed by atoms with van der Waals surface area (Å²) in [6.45, 7) is 0.596. The van der Waals surface area contributed by atoms with Crippen LogP contribution in [0.15, 0.2) is 28.8 Å². The van der Waals surface area contributed by atoms with Gasteiger partial charge in [0.05, 0.1) is 43.4 Å². The largest absolute Gasteiger partial charge is 0.493 e. The van der Waals surface area contributed by atoms with Gasteiger partial charge in [0, 0.05) is 23.9 Å². The predicted molar refractivity (Wildman–Crippen MR) is 112 cm³/mol. The van der Waals surface area contributed by atoms with Crippen molar-refractivity contribution in [2.24, 2.45) is 0 Å². The minimum absolute atomic E-state index is 0.0712. The van der Waals surface area contributed by atoms with E-state index in [-0.39, 0.29) is 18.2 Å². The molecule has 4 rings (SSSR count). The number of fused-ring (bicyclic) bond motifs is 1. The van der Waals surface area contributed by atoms with E-state index in [1.54, 1.807) is 26.0 Å². The van der Waals surface area contributed by atoms with Gasteiger partial charge in [-0.3, -0.25) is 14.6 Å². The maximum atomic E-state index is 13.1. The molecule has 0 N–H and O–H groups in total. The van der Waals surface area contributed by atoms with Crippen LogP contribution in [0.2, 0.25) is 0 Å². The second-order valence-corrected chi connectivity index (χ2v) is 8.72. The number of nitrogens with zero attached hydrogens (tertiary/aromatic N) is 3. The van der Waals surface area contributed by atoms with Crippen LogP contribution in [-0.4, -0.2) is 48.5 Å². The number of carbonyl (C=O) groups excluding carboxylic acids is 1. The fraction of sp³-hybridized carbons (Fsp3) is 0.545. The minimum Gasteiger partial charge on any atom is -0.493 e. The van der Waals surface area contributed by atoms with Gasteiger partial charge in [0.25, 0.3) is 0 Å². The monoisotopic (exact) mass is 413 g/mol. The molecular formula is C22H27N3O3S. The van der Waals surface area contributed by atoms with E-state index in [0.717, 1.165) is 16.5 Å². The van der Waals surface area contributed by atoms with E-state index in [1.807, 2.05) is 23.1 Å². The zero-order valence-electron chi connectivity index (χ0n) is 17.0. The first kappa shape index (κ1) is 20.1. The molecule has 1 aromatic carbocycles. The second kappa shape index (κ2) is 8.68. The Labute approximate surface area is 176 Å². The molecule has 0 aromatic heterocycles. The molecule has 1 aliphatic carbocycles. The highest BCUT2D eigenvalue weighted by Gasteiger charge is 2.40. The van der Waals surface area contributed by atoms with Crippen LogP contribution in [0, 0.1) is 11.3 Å². The number of benzene rings is 1. The van der Waals surface area contributed by atoms with E-state index in [4.69, 9.17) is 9.47 Å². The summed E-state index contributed by atoms with van der Waals surface area (Å²) in [7, 11) is 3.19. The molecule has 0 bridgehead atoms. The third kappa shape index (κ3) is 3.72. The molecule has 3 aliphatic rings. The van der Waals surface area contributed by atoms with Gasteiger partial charge in [-0.05, 0) is 18.9 Å². The molecule has 0 radical (unpaired) electrons. The maximum Gasteiger partial charge on any atom is 0.229 e. The summed E-state index contributed by atoms with van der Waals surface area (Å²) in [5.41, 5.74) is 1.49. The van der Waals surface area contributed by atoms with E-state index < -0.39 is 0 Å². The smallest absolute Gasteiger partial charge is 0.229 e. The molecule has 2 fully saturated rings. The van der Waals surface area contributed by atoms with Gasteiger partial charge < -0.3 is 9.47 Å². The number of thioether (sulfide) groups is 1. The Bertz CT molecular complexity index is 857. The lowest BCUT2D eigenvalue weighted by molar-refractivity contribution is -0.132. The van der Waals surface area contributed by atoms with Gasteiger partial charge >= 0.3 is 0 Å². The van der Waals surface area contributed by atoms with Crippen molar-refractivity contribution in [1.29, 1.82) is 5.26 Å². The van der Waals surface area contributed by atoms with Crippen LogP contribution in [0.3, 0.4) is 0 Å². The summed E-state index contributed by atoms with van der Waals surface area (Å²) in [6.07, 6.45) is 6.53. The number of para-hydroxylation sites is 1. The lowest BCUT2D eigenvalue weighted by atomic mass is 9.85. The SMILES string of the molecule is COc1cccc(C2CC(=O)N3CN(C4CCCCC4)CSC3=C2C#N)c1OC. The van der Waals surface area contributed by atoms with Crippen molar-refractivity contribution in [3.8, 4) is 17.6 Å². The summed E-state index contributed by atoms with van der Waals surface area (Å²) in [4.78, 5) is 17.4. The molecule has 1 amide bonds. The van der Waals surface area contributed by atoms with Crippen molar-refractivity contribution in [2.45, 2.75) is 50.5 Å². The number of amides is 1. The normalized spacial score (nSPS) is 23.6. The van der Waals surface area contributed by atoms with Crippen molar-refractivity contribution < 1.29 is 14.3 Å².